The Bertz CT molecular complexity index is 994. The molecule has 0 spiro atoms. The van der Waals surface area contributed by atoms with Gasteiger partial charge < -0.3 is 9.72 Å². The number of alkyl halides is 3. The molecule has 0 unspecified atom stereocenters. The molecule has 1 heterocycles. The monoisotopic (exact) mass is 393 g/mol. The molecule has 1 aromatic heterocycles. The number of thioether (sulfide) groups is 1. The Labute approximate surface area is 158 Å². The van der Waals surface area contributed by atoms with E-state index in [-0.39, 0.29) is 16.6 Å². The van der Waals surface area contributed by atoms with Crippen molar-refractivity contribution in [3.8, 4) is 5.75 Å². The highest BCUT2D eigenvalue weighted by Gasteiger charge is 2.42. The van der Waals surface area contributed by atoms with Crippen LogP contribution in [-0.4, -0.2) is 30.3 Å². The largest absolute Gasteiger partial charge is 0.495 e. The van der Waals surface area contributed by atoms with Crippen LogP contribution < -0.4 is 4.74 Å². The van der Waals surface area contributed by atoms with E-state index in [9.17, 15) is 18.0 Å². The molecule has 0 amide bonds. The van der Waals surface area contributed by atoms with Gasteiger partial charge in [-0.3, -0.25) is 4.79 Å². The number of methoxy groups -OCH3 is 1. The molecule has 3 nitrogen and oxygen atoms in total. The number of nitrogens with one attached hydrogen (secondary N) is 1. The topological polar surface area (TPSA) is 42.1 Å². The van der Waals surface area contributed by atoms with E-state index < -0.39 is 12.0 Å². The lowest BCUT2D eigenvalue weighted by molar-refractivity contribution is -0.0884. The molecule has 0 aliphatic heterocycles. The Morgan fingerprint density at radius 1 is 1.22 bits per heavy atom. The summed E-state index contributed by atoms with van der Waals surface area (Å²) in [5, 5.41) is 0.272. The fraction of sp³-hybridized carbons (Fsp3) is 0.250. The number of carbonyl (C=O) groups excluding carboxylic acids is 1. The number of H-pyrrole nitrogens is 1. The van der Waals surface area contributed by atoms with Crippen LogP contribution in [0, 0.1) is 6.92 Å². The van der Waals surface area contributed by atoms with Gasteiger partial charge in [-0.15, -0.1) is 11.8 Å². The minimum atomic E-state index is -4.95. The number of halogens is 3. The minimum absolute atomic E-state index is 0.196. The summed E-state index contributed by atoms with van der Waals surface area (Å²) in [6, 6.07) is 11.1. The second kappa shape index (κ2) is 7.31. The quantitative estimate of drug-likeness (QED) is 0.457. The molecule has 3 rings (SSSR count). The molecule has 1 N–H and O–H groups in total. The van der Waals surface area contributed by atoms with Crippen molar-refractivity contribution in [1.82, 2.24) is 4.98 Å². The normalized spacial score (nSPS) is 11.8. The Morgan fingerprint density at radius 2 is 1.89 bits per heavy atom. The van der Waals surface area contributed by atoms with Crippen LogP contribution in [0.15, 0.2) is 41.3 Å². The van der Waals surface area contributed by atoms with Crippen molar-refractivity contribution in [1.29, 1.82) is 0 Å². The van der Waals surface area contributed by atoms with E-state index in [0.29, 0.717) is 23.3 Å². The first-order valence-electron chi connectivity index (χ1n) is 8.19. The lowest BCUT2D eigenvalue weighted by Gasteiger charge is -2.16. The molecule has 0 aliphatic carbocycles. The van der Waals surface area contributed by atoms with E-state index in [1.54, 1.807) is 6.07 Å². The maximum absolute atomic E-state index is 13.2. The average Bonchev–Trinajstić information content (AvgIpc) is 2.96. The fourth-order valence-electron chi connectivity index (χ4n) is 3.30. The lowest BCUT2D eigenvalue weighted by Crippen LogP contribution is -2.23. The van der Waals surface area contributed by atoms with Crippen molar-refractivity contribution < 1.29 is 22.7 Å². The minimum Gasteiger partial charge on any atom is -0.495 e. The van der Waals surface area contributed by atoms with Gasteiger partial charge in [0.25, 0.3) is 5.78 Å². The van der Waals surface area contributed by atoms with Gasteiger partial charge in [0.2, 0.25) is 0 Å². The van der Waals surface area contributed by atoms with Gasteiger partial charge in [-0.05, 0) is 24.8 Å². The van der Waals surface area contributed by atoms with E-state index in [4.69, 9.17) is 4.74 Å². The predicted molar refractivity (Wildman–Crippen MR) is 101 cm³/mol. The number of ketones is 1. The Balaban J connectivity index is 2.36. The van der Waals surface area contributed by atoms with Gasteiger partial charge in [-0.1, -0.05) is 30.3 Å². The van der Waals surface area contributed by atoms with Crippen LogP contribution in [-0.2, 0) is 6.42 Å². The zero-order chi connectivity index (χ0) is 19.8. The molecule has 142 valence electrons. The third kappa shape index (κ3) is 3.56. The zero-order valence-electron chi connectivity index (χ0n) is 15.0. The van der Waals surface area contributed by atoms with Crippen molar-refractivity contribution in [2.75, 3.05) is 13.4 Å². The molecule has 2 aromatic carbocycles. The first kappa shape index (κ1) is 19.4. The van der Waals surface area contributed by atoms with E-state index >= 15 is 0 Å². The molecule has 0 saturated carbocycles. The zero-order valence-corrected chi connectivity index (χ0v) is 15.8. The second-order valence-corrected chi connectivity index (χ2v) is 6.98. The van der Waals surface area contributed by atoms with Crippen LogP contribution in [0.3, 0.4) is 0 Å². The van der Waals surface area contributed by atoms with Crippen LogP contribution in [0.2, 0.25) is 0 Å². The molecule has 3 aromatic rings. The Hall–Kier alpha value is -2.41. The molecule has 7 heteroatoms. The van der Waals surface area contributed by atoms with Crippen LogP contribution >= 0.6 is 11.8 Å². The number of aryl methyl sites for hydroxylation is 1. The van der Waals surface area contributed by atoms with Gasteiger partial charge >= 0.3 is 6.18 Å². The SMILES string of the molecule is COc1c(SC)cc2[nH]c(C)c(C(=O)C(F)(F)F)c2c1Cc1ccccc1. The number of aromatic nitrogens is 1. The highest BCUT2D eigenvalue weighted by Crippen LogP contribution is 2.41. The molecular weight excluding hydrogens is 375 g/mol. The Kier molecular flexibility index (Phi) is 5.24. The fourth-order valence-corrected chi connectivity index (χ4v) is 3.93. The first-order chi connectivity index (χ1) is 12.8. The van der Waals surface area contributed by atoms with Crippen LogP contribution in [0.5, 0.6) is 5.75 Å². The number of benzene rings is 2. The number of Topliss-reactive ketones (excluding diaryl/α,β-unsaturated/α-hetero) is 1. The number of fused-ring (bicyclic) bond motifs is 1. The number of hydrogen-bond acceptors (Lipinski definition) is 3. The van der Waals surface area contributed by atoms with Gasteiger partial charge in [-0.25, -0.2) is 0 Å². The van der Waals surface area contributed by atoms with Crippen molar-refractivity contribution in [3.05, 3.63) is 58.8 Å². The molecule has 0 saturated heterocycles. The standard InChI is InChI=1S/C20H18F3NO2S/c1-11-16(19(25)20(21,22)23)17-13(9-12-7-5-4-6-8-12)18(26-2)15(27-3)10-14(17)24-11/h4-8,10,24H,9H2,1-3H3. The molecule has 0 atom stereocenters. The molecule has 0 radical (unpaired) electrons. The smallest absolute Gasteiger partial charge is 0.454 e. The van der Waals surface area contributed by atoms with Gasteiger partial charge in [0.05, 0.1) is 17.6 Å². The number of hydrogen-bond donors (Lipinski definition) is 1. The predicted octanol–water partition coefficient (Wildman–Crippen LogP) is 5.54. The van der Waals surface area contributed by atoms with Crippen LogP contribution in [0.25, 0.3) is 10.9 Å². The highest BCUT2D eigenvalue weighted by atomic mass is 32.2. The summed E-state index contributed by atoms with van der Waals surface area (Å²) in [5.74, 6) is -1.35. The third-order valence-electron chi connectivity index (χ3n) is 4.42. The summed E-state index contributed by atoms with van der Waals surface area (Å²) in [5.41, 5.74) is 1.84. The number of carbonyl (C=O) groups is 1. The summed E-state index contributed by atoms with van der Waals surface area (Å²) in [7, 11) is 1.49. The van der Waals surface area contributed by atoms with Crippen molar-refractivity contribution >= 4 is 28.4 Å². The van der Waals surface area contributed by atoms with E-state index in [1.807, 2.05) is 36.6 Å². The van der Waals surface area contributed by atoms with Gasteiger partial charge in [0.1, 0.15) is 5.75 Å². The number of ether oxygens (including phenoxy) is 1. The third-order valence-corrected chi connectivity index (χ3v) is 5.17. The molecule has 0 aliphatic rings. The highest BCUT2D eigenvalue weighted by molar-refractivity contribution is 7.98. The summed E-state index contributed by atoms with van der Waals surface area (Å²) in [6.45, 7) is 1.48. The van der Waals surface area contributed by atoms with E-state index in [0.717, 1.165) is 10.5 Å². The summed E-state index contributed by atoms with van der Waals surface area (Å²) in [6.07, 6.45) is -2.73. The number of rotatable bonds is 5. The summed E-state index contributed by atoms with van der Waals surface area (Å²) < 4.78 is 45.2. The average molecular weight is 393 g/mol. The van der Waals surface area contributed by atoms with Crippen LogP contribution in [0.4, 0.5) is 13.2 Å². The Morgan fingerprint density at radius 3 is 2.44 bits per heavy atom. The molecular formula is C20H18F3NO2S. The van der Waals surface area contributed by atoms with Gasteiger partial charge in [-0.2, -0.15) is 13.2 Å². The van der Waals surface area contributed by atoms with Crippen molar-refractivity contribution in [2.45, 2.75) is 24.4 Å². The van der Waals surface area contributed by atoms with Crippen molar-refractivity contribution in [3.63, 3.8) is 0 Å². The maximum atomic E-state index is 13.2. The number of aromatic amines is 1. The van der Waals surface area contributed by atoms with Gasteiger partial charge in [0, 0.05) is 28.6 Å². The molecule has 0 bridgehead atoms. The van der Waals surface area contributed by atoms with Crippen molar-refractivity contribution in [2.24, 2.45) is 0 Å². The lowest BCUT2D eigenvalue weighted by atomic mass is 9.95. The molecule has 0 fully saturated rings. The van der Waals surface area contributed by atoms with E-state index in [2.05, 4.69) is 4.98 Å². The van der Waals surface area contributed by atoms with Gasteiger partial charge in [0.15, 0.2) is 0 Å². The van der Waals surface area contributed by atoms with E-state index in [1.165, 1.54) is 25.8 Å². The van der Waals surface area contributed by atoms with Crippen LogP contribution in [0.1, 0.15) is 27.2 Å². The molecule has 27 heavy (non-hydrogen) atoms. The first-order valence-corrected chi connectivity index (χ1v) is 9.42. The second-order valence-electron chi connectivity index (χ2n) is 6.13. The summed E-state index contributed by atoms with van der Waals surface area (Å²) >= 11 is 1.44. The maximum Gasteiger partial charge on any atom is 0.454 e. The summed E-state index contributed by atoms with van der Waals surface area (Å²) in [4.78, 5) is 15.9.